The van der Waals surface area contributed by atoms with Gasteiger partial charge in [-0.1, -0.05) is 12.2 Å². The van der Waals surface area contributed by atoms with Crippen molar-refractivity contribution < 1.29 is 9.59 Å². The second kappa shape index (κ2) is 6.98. The number of carbonyl (C=O) groups is 2. The van der Waals surface area contributed by atoms with Gasteiger partial charge in [0.1, 0.15) is 5.82 Å². The lowest BCUT2D eigenvalue weighted by Crippen LogP contribution is -2.41. The monoisotopic (exact) mass is 365 g/mol. The van der Waals surface area contributed by atoms with E-state index in [1.807, 2.05) is 48.1 Å². The van der Waals surface area contributed by atoms with Gasteiger partial charge in [-0.25, -0.2) is 4.98 Å². The molecule has 140 valence electrons. The second-order valence-electron chi connectivity index (χ2n) is 7.16. The molecule has 0 aliphatic carbocycles. The van der Waals surface area contributed by atoms with E-state index < -0.39 is 0 Å². The van der Waals surface area contributed by atoms with E-state index in [2.05, 4.69) is 14.5 Å². The lowest BCUT2D eigenvalue weighted by Gasteiger charge is -2.33. The molecule has 4 rings (SSSR count). The third-order valence-corrected chi connectivity index (χ3v) is 5.17. The molecule has 2 aliphatic rings. The van der Waals surface area contributed by atoms with E-state index in [0.29, 0.717) is 38.2 Å². The van der Waals surface area contributed by atoms with Crippen LogP contribution in [0.25, 0.3) is 0 Å². The highest BCUT2D eigenvalue weighted by Gasteiger charge is 2.31. The number of rotatable bonds is 3. The van der Waals surface area contributed by atoms with Gasteiger partial charge in [-0.05, 0) is 25.5 Å². The van der Waals surface area contributed by atoms with Crippen LogP contribution in [-0.4, -0.2) is 55.8 Å². The summed E-state index contributed by atoms with van der Waals surface area (Å²) < 4.78 is 2.06. The number of fused-ring (bicyclic) bond motifs is 1. The molecule has 0 bridgehead atoms. The third kappa shape index (κ3) is 3.37. The van der Waals surface area contributed by atoms with Gasteiger partial charge >= 0.3 is 0 Å². The van der Waals surface area contributed by atoms with Crippen LogP contribution in [0.4, 0.5) is 0 Å². The van der Waals surface area contributed by atoms with Gasteiger partial charge in [-0.3, -0.25) is 14.6 Å². The van der Waals surface area contributed by atoms with Crippen molar-refractivity contribution in [1.29, 1.82) is 0 Å². The van der Waals surface area contributed by atoms with Crippen molar-refractivity contribution >= 4 is 11.8 Å². The van der Waals surface area contributed by atoms with Crippen LogP contribution in [0.2, 0.25) is 0 Å². The summed E-state index contributed by atoms with van der Waals surface area (Å²) in [5.41, 5.74) is 2.32. The first kappa shape index (κ1) is 17.5. The molecule has 7 nitrogen and oxygen atoms in total. The van der Waals surface area contributed by atoms with E-state index in [1.54, 1.807) is 12.4 Å². The van der Waals surface area contributed by atoms with Crippen LogP contribution in [0.5, 0.6) is 0 Å². The van der Waals surface area contributed by atoms with Crippen molar-refractivity contribution in [2.75, 3.05) is 19.6 Å². The van der Waals surface area contributed by atoms with Gasteiger partial charge in [-0.2, -0.15) is 0 Å². The molecule has 0 N–H and O–H groups in total. The standard InChI is InChI=1S/C20H23N5O2/c1-14-9-16(12-21-11-14)20(27)25-8-7-24-13-17(22-19(24)15(25)2)10-18(26)23-5-3-4-6-23/h3-4,9,11-13,15H,5-8,10H2,1-2H3. The summed E-state index contributed by atoms with van der Waals surface area (Å²) in [5.74, 6) is 0.883. The average Bonchev–Trinajstić information content (AvgIpc) is 3.31. The Morgan fingerprint density at radius 2 is 1.96 bits per heavy atom. The Labute approximate surface area is 158 Å². The molecule has 0 fully saturated rings. The van der Waals surface area contributed by atoms with Crippen molar-refractivity contribution in [3.63, 3.8) is 0 Å². The second-order valence-corrected chi connectivity index (χ2v) is 7.16. The van der Waals surface area contributed by atoms with Crippen molar-refractivity contribution in [1.82, 2.24) is 24.3 Å². The van der Waals surface area contributed by atoms with Crippen molar-refractivity contribution in [2.24, 2.45) is 0 Å². The first-order chi connectivity index (χ1) is 13.0. The van der Waals surface area contributed by atoms with Crippen LogP contribution in [0.15, 0.2) is 36.8 Å². The van der Waals surface area contributed by atoms with Crippen LogP contribution in [0, 0.1) is 6.92 Å². The predicted octanol–water partition coefficient (Wildman–Crippen LogP) is 1.74. The maximum absolute atomic E-state index is 12.9. The number of carbonyl (C=O) groups excluding carboxylic acids is 2. The van der Waals surface area contributed by atoms with Crippen molar-refractivity contribution in [3.05, 3.63) is 59.5 Å². The summed E-state index contributed by atoms with van der Waals surface area (Å²) in [5, 5.41) is 0. The topological polar surface area (TPSA) is 71.3 Å². The van der Waals surface area contributed by atoms with Gasteiger partial charge in [0.15, 0.2) is 0 Å². The summed E-state index contributed by atoms with van der Waals surface area (Å²) in [7, 11) is 0. The van der Waals surface area contributed by atoms with Gasteiger partial charge in [0, 0.05) is 44.8 Å². The Kier molecular flexibility index (Phi) is 4.51. The fourth-order valence-electron chi connectivity index (χ4n) is 3.70. The van der Waals surface area contributed by atoms with Crippen molar-refractivity contribution in [3.8, 4) is 0 Å². The molecule has 2 aromatic heterocycles. The molecule has 1 unspecified atom stereocenters. The minimum absolute atomic E-state index is 0.0336. The van der Waals surface area contributed by atoms with Gasteiger partial charge in [0.05, 0.1) is 23.7 Å². The van der Waals surface area contributed by atoms with Gasteiger partial charge < -0.3 is 14.4 Å². The number of hydrogen-bond donors (Lipinski definition) is 0. The van der Waals surface area contributed by atoms with Gasteiger partial charge in [0.25, 0.3) is 5.91 Å². The molecule has 0 saturated heterocycles. The fraction of sp³-hybridized carbons (Fsp3) is 0.400. The van der Waals surface area contributed by atoms with Crippen LogP contribution in [0.1, 0.15) is 40.4 Å². The molecule has 2 aromatic rings. The molecule has 27 heavy (non-hydrogen) atoms. The summed E-state index contributed by atoms with van der Waals surface area (Å²) in [6.07, 6.45) is 9.59. The van der Waals surface area contributed by atoms with E-state index in [4.69, 9.17) is 0 Å². The Morgan fingerprint density at radius 1 is 1.19 bits per heavy atom. The molecular weight excluding hydrogens is 342 g/mol. The van der Waals surface area contributed by atoms with Crippen molar-refractivity contribution in [2.45, 2.75) is 32.9 Å². The minimum atomic E-state index is -0.149. The zero-order valence-corrected chi connectivity index (χ0v) is 15.6. The van der Waals surface area contributed by atoms with Gasteiger partial charge in [0.2, 0.25) is 5.91 Å². The molecule has 2 amide bonds. The number of aryl methyl sites for hydroxylation is 1. The largest absolute Gasteiger partial charge is 0.335 e. The first-order valence-electron chi connectivity index (χ1n) is 9.24. The Morgan fingerprint density at radius 3 is 2.70 bits per heavy atom. The molecule has 1 atom stereocenters. The van der Waals surface area contributed by atoms with E-state index in [-0.39, 0.29) is 17.9 Å². The van der Waals surface area contributed by atoms with Crippen LogP contribution in [-0.2, 0) is 17.8 Å². The highest BCUT2D eigenvalue weighted by Crippen LogP contribution is 2.26. The Hall–Kier alpha value is -2.96. The molecule has 2 aliphatic heterocycles. The minimum Gasteiger partial charge on any atom is -0.335 e. The average molecular weight is 365 g/mol. The number of nitrogens with zero attached hydrogens (tertiary/aromatic N) is 5. The Balaban J connectivity index is 1.50. The number of hydrogen-bond acceptors (Lipinski definition) is 4. The molecule has 0 saturated carbocycles. The maximum atomic E-state index is 12.9. The fourth-order valence-corrected chi connectivity index (χ4v) is 3.70. The lowest BCUT2D eigenvalue weighted by molar-refractivity contribution is -0.129. The zero-order valence-electron chi connectivity index (χ0n) is 15.6. The summed E-state index contributed by atoms with van der Waals surface area (Å²) in [4.78, 5) is 37.7. The quantitative estimate of drug-likeness (QED) is 0.777. The molecule has 7 heteroatoms. The van der Waals surface area contributed by atoms with Crippen LogP contribution < -0.4 is 0 Å². The predicted molar refractivity (Wildman–Crippen MR) is 100 cm³/mol. The SMILES string of the molecule is Cc1cncc(C(=O)N2CCn3cc(CC(=O)N4CC=CC4)nc3C2C)c1. The van der Waals surface area contributed by atoms with E-state index in [1.165, 1.54) is 0 Å². The number of imidazole rings is 1. The third-order valence-electron chi connectivity index (χ3n) is 5.17. The van der Waals surface area contributed by atoms with E-state index in [0.717, 1.165) is 17.1 Å². The highest BCUT2D eigenvalue weighted by molar-refractivity contribution is 5.94. The zero-order chi connectivity index (χ0) is 19.0. The van der Waals surface area contributed by atoms with Crippen LogP contribution in [0.3, 0.4) is 0 Å². The number of aromatic nitrogens is 3. The van der Waals surface area contributed by atoms with Gasteiger partial charge in [-0.15, -0.1) is 0 Å². The molecule has 4 heterocycles. The summed E-state index contributed by atoms with van der Waals surface area (Å²) in [6.45, 7) is 6.55. The summed E-state index contributed by atoms with van der Waals surface area (Å²) in [6, 6.07) is 1.71. The molecule has 0 radical (unpaired) electrons. The lowest BCUT2D eigenvalue weighted by atomic mass is 10.1. The van der Waals surface area contributed by atoms with E-state index in [9.17, 15) is 9.59 Å². The van der Waals surface area contributed by atoms with E-state index >= 15 is 0 Å². The number of amides is 2. The molecular formula is C20H23N5O2. The molecule has 0 aromatic carbocycles. The smallest absolute Gasteiger partial charge is 0.256 e. The maximum Gasteiger partial charge on any atom is 0.256 e. The number of pyridine rings is 1. The van der Waals surface area contributed by atoms with Crippen LogP contribution >= 0.6 is 0 Å². The highest BCUT2D eigenvalue weighted by atomic mass is 16.2. The molecule has 0 spiro atoms. The normalized spacial score (nSPS) is 18.7. The summed E-state index contributed by atoms with van der Waals surface area (Å²) >= 11 is 0. The Bertz CT molecular complexity index is 909. The first-order valence-corrected chi connectivity index (χ1v) is 9.24.